The molecule has 0 amide bonds. The first-order valence-electron chi connectivity index (χ1n) is 5.19. The Labute approximate surface area is 104 Å². The van der Waals surface area contributed by atoms with E-state index in [9.17, 15) is 4.79 Å². The minimum absolute atomic E-state index is 0.186. The third-order valence-electron chi connectivity index (χ3n) is 1.78. The first-order chi connectivity index (χ1) is 7.37. The summed E-state index contributed by atoms with van der Waals surface area (Å²) in [6.07, 6.45) is 2.68. The van der Waals surface area contributed by atoms with Crippen LogP contribution < -0.4 is 0 Å². The van der Waals surface area contributed by atoms with Crippen molar-refractivity contribution in [2.45, 2.75) is 39.2 Å². The zero-order chi connectivity index (χ0) is 12.2. The molecule has 88 valence electrons. The molecule has 0 atom stereocenters. The van der Waals surface area contributed by atoms with Crippen molar-refractivity contribution in [1.82, 2.24) is 4.98 Å². The van der Waals surface area contributed by atoms with Crippen LogP contribution in [0.1, 0.15) is 32.9 Å². The summed E-state index contributed by atoms with van der Waals surface area (Å²) in [6.45, 7) is 5.59. The molecule has 0 aliphatic rings. The van der Waals surface area contributed by atoms with E-state index in [2.05, 4.69) is 20.9 Å². The molecule has 0 aliphatic carbocycles. The van der Waals surface area contributed by atoms with Crippen molar-refractivity contribution < 1.29 is 9.53 Å². The molecular formula is C12H16BrNO2. The minimum atomic E-state index is -0.415. The molecule has 3 nitrogen and oxygen atoms in total. The second-order valence-corrected chi connectivity index (χ2v) is 5.47. The summed E-state index contributed by atoms with van der Waals surface area (Å²) in [7, 11) is 0. The van der Waals surface area contributed by atoms with Crippen molar-refractivity contribution in [2.75, 3.05) is 0 Å². The van der Waals surface area contributed by atoms with Crippen LogP contribution >= 0.6 is 15.9 Å². The number of esters is 1. The van der Waals surface area contributed by atoms with Gasteiger partial charge in [0.15, 0.2) is 0 Å². The first-order valence-corrected chi connectivity index (χ1v) is 5.98. The minimum Gasteiger partial charge on any atom is -0.460 e. The number of carbonyl (C=O) groups excluding carboxylic acids is 1. The van der Waals surface area contributed by atoms with E-state index in [4.69, 9.17) is 4.74 Å². The quantitative estimate of drug-likeness (QED) is 0.801. The summed E-state index contributed by atoms with van der Waals surface area (Å²) >= 11 is 3.36. The highest BCUT2D eigenvalue weighted by molar-refractivity contribution is 9.10. The van der Waals surface area contributed by atoms with Gasteiger partial charge in [0.2, 0.25) is 0 Å². The fourth-order valence-electron chi connectivity index (χ4n) is 1.21. The molecule has 0 radical (unpaired) electrons. The van der Waals surface area contributed by atoms with Gasteiger partial charge in [-0.25, -0.2) is 0 Å². The maximum atomic E-state index is 11.5. The highest BCUT2D eigenvalue weighted by Crippen LogP contribution is 2.12. The topological polar surface area (TPSA) is 39.2 Å². The molecule has 0 N–H and O–H groups in total. The highest BCUT2D eigenvalue weighted by Gasteiger charge is 2.15. The first kappa shape index (κ1) is 13.2. The van der Waals surface area contributed by atoms with Crippen LogP contribution in [0.25, 0.3) is 0 Å². The van der Waals surface area contributed by atoms with Gasteiger partial charge in [-0.2, -0.15) is 0 Å². The second-order valence-electron chi connectivity index (χ2n) is 4.55. The summed E-state index contributed by atoms with van der Waals surface area (Å²) in [5, 5.41) is 0. The lowest BCUT2D eigenvalue weighted by atomic mass is 10.2. The Balaban J connectivity index is 2.43. The van der Waals surface area contributed by atoms with Crippen molar-refractivity contribution in [3.8, 4) is 0 Å². The molecular weight excluding hydrogens is 270 g/mol. The molecule has 1 aromatic heterocycles. The summed E-state index contributed by atoms with van der Waals surface area (Å²) < 4.78 is 6.19. The number of ether oxygens (including phenoxy) is 1. The van der Waals surface area contributed by atoms with E-state index in [0.29, 0.717) is 12.8 Å². The van der Waals surface area contributed by atoms with Crippen LogP contribution in [0.15, 0.2) is 22.8 Å². The maximum absolute atomic E-state index is 11.5. The Morgan fingerprint density at radius 3 is 2.75 bits per heavy atom. The van der Waals surface area contributed by atoms with Gasteiger partial charge in [0.1, 0.15) is 5.60 Å². The third-order valence-corrected chi connectivity index (χ3v) is 2.28. The van der Waals surface area contributed by atoms with Crippen LogP contribution in [0.3, 0.4) is 0 Å². The van der Waals surface area contributed by atoms with E-state index in [0.717, 1.165) is 10.2 Å². The number of hydrogen-bond acceptors (Lipinski definition) is 3. The van der Waals surface area contributed by atoms with Gasteiger partial charge in [-0.05, 0) is 32.9 Å². The van der Waals surface area contributed by atoms with Crippen LogP contribution in [0.5, 0.6) is 0 Å². The van der Waals surface area contributed by atoms with Gasteiger partial charge < -0.3 is 4.74 Å². The van der Waals surface area contributed by atoms with Crippen LogP contribution in [-0.4, -0.2) is 16.6 Å². The van der Waals surface area contributed by atoms with Crippen LogP contribution in [0.4, 0.5) is 0 Å². The molecule has 4 heteroatoms. The molecule has 1 aromatic rings. The Kier molecular flexibility index (Phi) is 4.47. The summed E-state index contributed by atoms with van der Waals surface area (Å²) in [6, 6.07) is 3.77. The standard InChI is InChI=1S/C12H16BrNO2/c1-12(2,3)16-11(15)5-4-10-8-9(13)6-7-14-10/h6-8H,4-5H2,1-3H3. The van der Waals surface area contributed by atoms with E-state index < -0.39 is 5.60 Å². The number of aryl methyl sites for hydroxylation is 1. The predicted octanol–water partition coefficient (Wildman–Crippen LogP) is 3.12. The average Bonchev–Trinajstić information content (AvgIpc) is 2.12. The molecule has 0 saturated heterocycles. The lowest BCUT2D eigenvalue weighted by Gasteiger charge is -2.19. The summed E-state index contributed by atoms with van der Waals surface area (Å²) in [5.74, 6) is -0.186. The predicted molar refractivity (Wildman–Crippen MR) is 66.1 cm³/mol. The molecule has 1 heterocycles. The number of nitrogens with zero attached hydrogens (tertiary/aromatic N) is 1. The molecule has 0 aromatic carbocycles. The number of aromatic nitrogens is 1. The van der Waals surface area contributed by atoms with Gasteiger partial charge in [-0.3, -0.25) is 9.78 Å². The SMILES string of the molecule is CC(C)(C)OC(=O)CCc1cc(Br)ccn1. The molecule has 1 rings (SSSR count). The molecule has 0 fully saturated rings. The number of rotatable bonds is 3. The zero-order valence-corrected chi connectivity index (χ0v) is 11.4. The van der Waals surface area contributed by atoms with Crippen molar-refractivity contribution in [3.05, 3.63) is 28.5 Å². The van der Waals surface area contributed by atoms with E-state index >= 15 is 0 Å². The summed E-state index contributed by atoms with van der Waals surface area (Å²) in [5.41, 5.74) is 0.474. The zero-order valence-electron chi connectivity index (χ0n) is 9.79. The van der Waals surface area contributed by atoms with Crippen LogP contribution in [0.2, 0.25) is 0 Å². The van der Waals surface area contributed by atoms with E-state index in [1.165, 1.54) is 0 Å². The Bertz CT molecular complexity index is 372. The molecule has 16 heavy (non-hydrogen) atoms. The van der Waals surface area contributed by atoms with E-state index in [-0.39, 0.29) is 5.97 Å². The molecule has 0 unspecified atom stereocenters. The maximum Gasteiger partial charge on any atom is 0.306 e. The van der Waals surface area contributed by atoms with Crippen molar-refractivity contribution >= 4 is 21.9 Å². The second kappa shape index (κ2) is 5.43. The van der Waals surface area contributed by atoms with Crippen molar-refractivity contribution in [2.24, 2.45) is 0 Å². The fourth-order valence-corrected chi connectivity index (χ4v) is 1.59. The van der Waals surface area contributed by atoms with Gasteiger partial charge >= 0.3 is 5.97 Å². The van der Waals surface area contributed by atoms with Crippen LogP contribution in [0, 0.1) is 0 Å². The molecule has 0 saturated carbocycles. The van der Waals surface area contributed by atoms with Crippen molar-refractivity contribution in [3.63, 3.8) is 0 Å². The fraction of sp³-hybridized carbons (Fsp3) is 0.500. The normalized spacial score (nSPS) is 11.2. The van der Waals surface area contributed by atoms with E-state index in [1.54, 1.807) is 6.20 Å². The van der Waals surface area contributed by atoms with Crippen molar-refractivity contribution in [1.29, 1.82) is 0 Å². The lowest BCUT2D eigenvalue weighted by molar-refractivity contribution is -0.154. The van der Waals surface area contributed by atoms with Gasteiger partial charge in [-0.1, -0.05) is 15.9 Å². The van der Waals surface area contributed by atoms with E-state index in [1.807, 2.05) is 32.9 Å². The van der Waals surface area contributed by atoms with Gasteiger partial charge in [0.25, 0.3) is 0 Å². The van der Waals surface area contributed by atoms with Gasteiger partial charge in [-0.15, -0.1) is 0 Å². The number of hydrogen-bond donors (Lipinski definition) is 0. The summed E-state index contributed by atoms with van der Waals surface area (Å²) in [4.78, 5) is 15.6. The lowest BCUT2D eigenvalue weighted by Crippen LogP contribution is -2.24. The largest absolute Gasteiger partial charge is 0.460 e. The molecule has 0 aliphatic heterocycles. The smallest absolute Gasteiger partial charge is 0.306 e. The van der Waals surface area contributed by atoms with Gasteiger partial charge in [0.05, 0.1) is 6.42 Å². The van der Waals surface area contributed by atoms with Gasteiger partial charge in [0, 0.05) is 22.8 Å². The number of pyridine rings is 1. The monoisotopic (exact) mass is 285 g/mol. The number of halogens is 1. The Morgan fingerprint density at radius 2 is 2.19 bits per heavy atom. The third kappa shape index (κ3) is 5.26. The average molecular weight is 286 g/mol. The molecule has 0 spiro atoms. The van der Waals surface area contributed by atoms with Crippen LogP contribution in [-0.2, 0) is 16.0 Å². The molecule has 0 bridgehead atoms. The Morgan fingerprint density at radius 1 is 1.50 bits per heavy atom. The number of carbonyl (C=O) groups is 1. The Hall–Kier alpha value is -0.900. The highest BCUT2D eigenvalue weighted by atomic mass is 79.9.